The van der Waals surface area contributed by atoms with Gasteiger partial charge in [0.15, 0.2) is 0 Å². The standard InChI is InChI=1S/C20H10ClF6N3O2/c21-15-1-2-29-17-16(15)12(5-11(7-28)18(31)32)9-30(17)8-10-3-13(19(22,23)24)6-14(4-10)20(25,26)27/h1-6,9H,8H2,(H,31,32)/b11-5+. The molecule has 0 unspecified atom stereocenters. The minimum atomic E-state index is -5.01. The van der Waals surface area contributed by atoms with Gasteiger partial charge in [-0.2, -0.15) is 31.6 Å². The predicted octanol–water partition coefficient (Wildman–Crippen LogP) is 5.77. The molecule has 0 spiro atoms. The summed E-state index contributed by atoms with van der Waals surface area (Å²) in [6.07, 6.45) is -6.51. The van der Waals surface area contributed by atoms with Crippen molar-refractivity contribution >= 4 is 34.7 Å². The highest BCUT2D eigenvalue weighted by molar-refractivity contribution is 6.35. The number of rotatable bonds is 4. The second kappa shape index (κ2) is 8.20. The zero-order valence-electron chi connectivity index (χ0n) is 15.6. The number of alkyl halides is 6. The van der Waals surface area contributed by atoms with E-state index in [1.807, 2.05) is 0 Å². The fourth-order valence-electron chi connectivity index (χ4n) is 3.04. The number of carbonyl (C=O) groups is 1. The van der Waals surface area contributed by atoms with Crippen molar-refractivity contribution in [3.8, 4) is 6.07 Å². The molecule has 2 aromatic heterocycles. The number of hydrogen-bond acceptors (Lipinski definition) is 3. The summed E-state index contributed by atoms with van der Waals surface area (Å²) in [5.41, 5.74) is -3.72. The Morgan fingerprint density at radius 1 is 1.16 bits per heavy atom. The maximum absolute atomic E-state index is 13.1. The Labute approximate surface area is 180 Å². The van der Waals surface area contributed by atoms with Crippen LogP contribution in [0.3, 0.4) is 0 Å². The third kappa shape index (κ3) is 4.70. The molecule has 1 N–H and O–H groups in total. The molecule has 2 heterocycles. The van der Waals surface area contributed by atoms with Gasteiger partial charge in [0.25, 0.3) is 0 Å². The molecule has 0 amide bonds. The molecule has 1 aromatic carbocycles. The van der Waals surface area contributed by atoms with Gasteiger partial charge in [0.05, 0.1) is 16.1 Å². The quantitative estimate of drug-likeness (QED) is 0.296. The van der Waals surface area contributed by atoms with Crippen LogP contribution in [0.4, 0.5) is 26.3 Å². The minimum absolute atomic E-state index is 0.0204. The molecule has 0 aliphatic carbocycles. The molecule has 0 fully saturated rings. The van der Waals surface area contributed by atoms with Crippen LogP contribution < -0.4 is 0 Å². The van der Waals surface area contributed by atoms with Gasteiger partial charge in [-0.15, -0.1) is 0 Å². The summed E-state index contributed by atoms with van der Waals surface area (Å²) < 4.78 is 80.1. The summed E-state index contributed by atoms with van der Waals surface area (Å²) in [6.45, 7) is -0.459. The van der Waals surface area contributed by atoms with Gasteiger partial charge in [0.1, 0.15) is 17.3 Å². The second-order valence-corrected chi connectivity index (χ2v) is 7.00. The average Bonchev–Trinajstić information content (AvgIpc) is 3.02. The lowest BCUT2D eigenvalue weighted by Crippen LogP contribution is -2.12. The number of carboxylic acids is 1. The summed E-state index contributed by atoms with van der Waals surface area (Å²) in [5.74, 6) is -1.53. The van der Waals surface area contributed by atoms with E-state index in [9.17, 15) is 31.1 Å². The predicted molar refractivity (Wildman–Crippen MR) is 102 cm³/mol. The van der Waals surface area contributed by atoms with Gasteiger partial charge in [-0.1, -0.05) is 11.6 Å². The highest BCUT2D eigenvalue weighted by Gasteiger charge is 2.37. The Morgan fingerprint density at radius 2 is 1.75 bits per heavy atom. The molecule has 5 nitrogen and oxygen atoms in total. The topological polar surface area (TPSA) is 78.9 Å². The van der Waals surface area contributed by atoms with E-state index >= 15 is 0 Å². The van der Waals surface area contributed by atoms with Gasteiger partial charge in [0, 0.05) is 29.9 Å². The Hall–Kier alpha value is -3.52. The van der Waals surface area contributed by atoms with Crippen molar-refractivity contribution in [2.75, 3.05) is 0 Å². The number of aromatic nitrogens is 2. The van der Waals surface area contributed by atoms with Gasteiger partial charge >= 0.3 is 18.3 Å². The normalized spacial score (nSPS) is 12.8. The van der Waals surface area contributed by atoms with Crippen molar-refractivity contribution in [3.05, 3.63) is 69.5 Å². The number of nitriles is 1. The average molecular weight is 474 g/mol. The number of hydrogen-bond donors (Lipinski definition) is 1. The summed E-state index contributed by atoms with van der Waals surface area (Å²) in [7, 11) is 0. The van der Waals surface area contributed by atoms with Gasteiger partial charge in [-0.3, -0.25) is 0 Å². The Morgan fingerprint density at radius 3 is 2.25 bits per heavy atom. The summed E-state index contributed by atoms with van der Waals surface area (Å²) in [6, 6.07) is 4.03. The Balaban J connectivity index is 2.20. The Kier molecular flexibility index (Phi) is 5.93. The van der Waals surface area contributed by atoms with Crippen LogP contribution in [0, 0.1) is 11.3 Å². The smallest absolute Gasteiger partial charge is 0.416 e. The van der Waals surface area contributed by atoms with Crippen LogP contribution in [0.1, 0.15) is 22.3 Å². The third-order valence-corrected chi connectivity index (χ3v) is 4.70. The first-order chi connectivity index (χ1) is 14.8. The molecule has 0 aliphatic rings. The van der Waals surface area contributed by atoms with Crippen LogP contribution in [-0.4, -0.2) is 20.6 Å². The van der Waals surface area contributed by atoms with E-state index in [0.29, 0.717) is 12.1 Å². The lowest BCUT2D eigenvalue weighted by Gasteiger charge is -2.15. The molecule has 0 saturated heterocycles. The number of carboxylic acid groups (broad SMARTS) is 1. The fourth-order valence-corrected chi connectivity index (χ4v) is 3.29. The summed E-state index contributed by atoms with van der Waals surface area (Å²) in [4.78, 5) is 15.2. The number of halogens is 7. The van der Waals surface area contributed by atoms with Crippen molar-refractivity contribution in [2.45, 2.75) is 18.9 Å². The molecule has 0 radical (unpaired) electrons. The minimum Gasteiger partial charge on any atom is -0.477 e. The fraction of sp³-hybridized carbons (Fsp3) is 0.150. The molecule has 12 heteroatoms. The number of nitrogens with zero attached hydrogens (tertiary/aromatic N) is 3. The van der Waals surface area contributed by atoms with Crippen molar-refractivity contribution in [3.63, 3.8) is 0 Å². The molecular weight excluding hydrogens is 464 g/mol. The Bertz CT molecular complexity index is 1250. The highest BCUT2D eigenvalue weighted by Crippen LogP contribution is 2.37. The highest BCUT2D eigenvalue weighted by atomic mass is 35.5. The largest absolute Gasteiger partial charge is 0.477 e. The molecule has 0 saturated carbocycles. The molecule has 0 bridgehead atoms. The molecule has 166 valence electrons. The van der Waals surface area contributed by atoms with E-state index in [4.69, 9.17) is 22.0 Å². The first-order valence-corrected chi connectivity index (χ1v) is 8.96. The van der Waals surface area contributed by atoms with Gasteiger partial charge in [-0.25, -0.2) is 9.78 Å². The maximum atomic E-state index is 13.1. The van der Waals surface area contributed by atoms with E-state index in [0.717, 1.165) is 6.08 Å². The maximum Gasteiger partial charge on any atom is 0.416 e. The van der Waals surface area contributed by atoms with Crippen LogP contribution in [-0.2, 0) is 23.7 Å². The third-order valence-electron chi connectivity index (χ3n) is 4.39. The molecule has 3 rings (SSSR count). The number of fused-ring (bicyclic) bond motifs is 1. The molecule has 0 aliphatic heterocycles. The van der Waals surface area contributed by atoms with E-state index in [-0.39, 0.29) is 33.2 Å². The zero-order valence-corrected chi connectivity index (χ0v) is 16.3. The SMILES string of the molecule is N#C/C(=C\c1cn(Cc2cc(C(F)(F)F)cc(C(F)(F)F)c2)c2nccc(Cl)c12)C(=O)O. The number of aliphatic carboxylic acids is 1. The van der Waals surface area contributed by atoms with Crippen LogP contribution >= 0.6 is 11.6 Å². The van der Waals surface area contributed by atoms with E-state index in [1.165, 1.54) is 29.1 Å². The van der Waals surface area contributed by atoms with Crippen LogP contribution in [0.25, 0.3) is 17.1 Å². The lowest BCUT2D eigenvalue weighted by atomic mass is 10.0. The summed E-state index contributed by atoms with van der Waals surface area (Å²) in [5, 5.41) is 18.3. The van der Waals surface area contributed by atoms with E-state index in [1.54, 1.807) is 0 Å². The molecule has 3 aromatic rings. The van der Waals surface area contributed by atoms with Gasteiger partial charge in [0.2, 0.25) is 0 Å². The molecular formula is C20H10ClF6N3O2. The van der Waals surface area contributed by atoms with E-state index < -0.39 is 41.6 Å². The van der Waals surface area contributed by atoms with Crippen LogP contribution in [0.5, 0.6) is 0 Å². The zero-order chi connectivity index (χ0) is 23.8. The lowest BCUT2D eigenvalue weighted by molar-refractivity contribution is -0.143. The van der Waals surface area contributed by atoms with Gasteiger partial charge < -0.3 is 9.67 Å². The number of benzene rings is 1. The van der Waals surface area contributed by atoms with Crippen molar-refractivity contribution < 1.29 is 36.2 Å². The van der Waals surface area contributed by atoms with E-state index in [2.05, 4.69) is 4.98 Å². The molecule has 0 atom stereocenters. The molecule has 32 heavy (non-hydrogen) atoms. The second-order valence-electron chi connectivity index (χ2n) is 6.59. The van der Waals surface area contributed by atoms with Gasteiger partial charge in [-0.05, 0) is 35.9 Å². The number of pyridine rings is 1. The van der Waals surface area contributed by atoms with Crippen LogP contribution in [0.15, 0.2) is 42.2 Å². The summed E-state index contributed by atoms with van der Waals surface area (Å²) >= 11 is 6.14. The van der Waals surface area contributed by atoms with Crippen molar-refractivity contribution in [1.82, 2.24) is 9.55 Å². The first-order valence-electron chi connectivity index (χ1n) is 8.58. The first kappa shape index (κ1) is 23.1. The van der Waals surface area contributed by atoms with Crippen molar-refractivity contribution in [1.29, 1.82) is 5.26 Å². The van der Waals surface area contributed by atoms with Crippen LogP contribution in [0.2, 0.25) is 5.02 Å². The monoisotopic (exact) mass is 473 g/mol. The van der Waals surface area contributed by atoms with Crippen molar-refractivity contribution in [2.24, 2.45) is 0 Å².